The molecule has 0 bridgehead atoms. The smallest absolute Gasteiger partial charge is 0.289 e. The standard InChI is InChI=1S/C13H13F3N4O/c1-7(2)10-17-12(20-19-10)18-11(21)8-5-3-4-6-9(8)13(14,15)16/h3-7H,1-2H3,(H2,17,18,19,20,21). The number of benzene rings is 1. The van der Waals surface area contributed by atoms with Crippen molar-refractivity contribution in [3.8, 4) is 0 Å². The van der Waals surface area contributed by atoms with Crippen molar-refractivity contribution >= 4 is 11.9 Å². The summed E-state index contributed by atoms with van der Waals surface area (Å²) in [5, 5.41) is 8.61. The summed E-state index contributed by atoms with van der Waals surface area (Å²) in [5.41, 5.74) is -1.47. The summed E-state index contributed by atoms with van der Waals surface area (Å²) in [6.07, 6.45) is -4.60. The van der Waals surface area contributed by atoms with Crippen LogP contribution in [-0.4, -0.2) is 21.1 Å². The van der Waals surface area contributed by atoms with E-state index < -0.39 is 23.2 Å². The molecule has 5 nitrogen and oxygen atoms in total. The minimum Gasteiger partial charge on any atom is -0.289 e. The number of anilines is 1. The third kappa shape index (κ3) is 3.39. The summed E-state index contributed by atoms with van der Waals surface area (Å²) >= 11 is 0. The zero-order valence-electron chi connectivity index (χ0n) is 11.3. The molecule has 2 N–H and O–H groups in total. The van der Waals surface area contributed by atoms with E-state index in [0.717, 1.165) is 12.1 Å². The molecule has 0 fully saturated rings. The SMILES string of the molecule is CC(C)c1nc(NC(=O)c2ccccc2C(F)(F)F)n[nH]1. The lowest BCUT2D eigenvalue weighted by Gasteiger charge is -2.11. The number of halogens is 3. The first-order chi connectivity index (χ1) is 9.79. The van der Waals surface area contributed by atoms with E-state index in [0.29, 0.717) is 5.82 Å². The van der Waals surface area contributed by atoms with Crippen LogP contribution in [-0.2, 0) is 6.18 Å². The maximum absolute atomic E-state index is 12.8. The van der Waals surface area contributed by atoms with Gasteiger partial charge in [-0.15, -0.1) is 5.10 Å². The van der Waals surface area contributed by atoms with Gasteiger partial charge < -0.3 is 0 Å². The number of H-pyrrole nitrogens is 1. The molecule has 1 amide bonds. The van der Waals surface area contributed by atoms with E-state index in [-0.39, 0.29) is 11.9 Å². The first kappa shape index (κ1) is 15.0. The number of carbonyl (C=O) groups excluding carboxylic acids is 1. The average Bonchev–Trinajstić information content (AvgIpc) is 2.86. The van der Waals surface area contributed by atoms with Gasteiger partial charge >= 0.3 is 6.18 Å². The summed E-state index contributed by atoms with van der Waals surface area (Å²) in [5.74, 6) is -0.363. The highest BCUT2D eigenvalue weighted by molar-refractivity contribution is 6.04. The number of aromatic nitrogens is 3. The first-order valence-electron chi connectivity index (χ1n) is 6.19. The Kier molecular flexibility index (Phi) is 3.97. The van der Waals surface area contributed by atoms with Crippen LogP contribution in [0.5, 0.6) is 0 Å². The van der Waals surface area contributed by atoms with Gasteiger partial charge in [0.15, 0.2) is 0 Å². The van der Waals surface area contributed by atoms with E-state index in [9.17, 15) is 18.0 Å². The number of aromatic amines is 1. The van der Waals surface area contributed by atoms with Gasteiger partial charge in [0.2, 0.25) is 5.95 Å². The number of hydrogen-bond acceptors (Lipinski definition) is 3. The molecule has 0 aliphatic rings. The summed E-state index contributed by atoms with van der Waals surface area (Å²) < 4.78 is 38.5. The van der Waals surface area contributed by atoms with Crippen LogP contribution in [0, 0.1) is 0 Å². The topological polar surface area (TPSA) is 70.7 Å². The fraction of sp³-hybridized carbons (Fsp3) is 0.308. The Bertz CT molecular complexity index is 649. The van der Waals surface area contributed by atoms with Gasteiger partial charge in [0.05, 0.1) is 11.1 Å². The van der Waals surface area contributed by atoms with Gasteiger partial charge in [0, 0.05) is 5.92 Å². The molecular formula is C13H13F3N4O. The monoisotopic (exact) mass is 298 g/mol. The van der Waals surface area contributed by atoms with Gasteiger partial charge in [-0.3, -0.25) is 15.2 Å². The minimum atomic E-state index is -4.60. The number of alkyl halides is 3. The van der Waals surface area contributed by atoms with Crippen molar-refractivity contribution in [3.63, 3.8) is 0 Å². The molecule has 0 spiro atoms. The van der Waals surface area contributed by atoms with Crippen molar-refractivity contribution in [2.75, 3.05) is 5.32 Å². The molecule has 0 aliphatic carbocycles. The molecule has 0 unspecified atom stereocenters. The zero-order valence-corrected chi connectivity index (χ0v) is 11.3. The third-order valence-electron chi connectivity index (χ3n) is 2.75. The van der Waals surface area contributed by atoms with E-state index in [2.05, 4.69) is 20.5 Å². The molecule has 0 saturated heterocycles. The Labute approximate surface area is 118 Å². The van der Waals surface area contributed by atoms with Gasteiger partial charge in [-0.05, 0) is 12.1 Å². The molecule has 0 aliphatic heterocycles. The van der Waals surface area contributed by atoms with E-state index in [1.165, 1.54) is 12.1 Å². The van der Waals surface area contributed by atoms with E-state index >= 15 is 0 Å². The van der Waals surface area contributed by atoms with Crippen LogP contribution in [0.15, 0.2) is 24.3 Å². The van der Waals surface area contributed by atoms with Crippen molar-refractivity contribution < 1.29 is 18.0 Å². The molecule has 0 atom stereocenters. The Hall–Kier alpha value is -2.38. The summed E-state index contributed by atoms with van der Waals surface area (Å²) in [7, 11) is 0. The fourth-order valence-corrected chi connectivity index (χ4v) is 1.69. The number of hydrogen-bond donors (Lipinski definition) is 2. The van der Waals surface area contributed by atoms with Crippen LogP contribution in [0.3, 0.4) is 0 Å². The lowest BCUT2D eigenvalue weighted by atomic mass is 10.1. The summed E-state index contributed by atoms with van der Waals surface area (Å²) in [6.45, 7) is 3.73. The van der Waals surface area contributed by atoms with Crippen molar-refractivity contribution in [1.82, 2.24) is 15.2 Å². The molecule has 2 aromatic rings. The lowest BCUT2D eigenvalue weighted by molar-refractivity contribution is -0.137. The highest BCUT2D eigenvalue weighted by Crippen LogP contribution is 2.32. The second kappa shape index (κ2) is 5.55. The zero-order chi connectivity index (χ0) is 15.6. The quantitative estimate of drug-likeness (QED) is 0.914. The molecule has 0 saturated carbocycles. The molecule has 2 rings (SSSR count). The molecule has 8 heteroatoms. The van der Waals surface area contributed by atoms with E-state index in [1.54, 1.807) is 0 Å². The Morgan fingerprint density at radius 3 is 2.52 bits per heavy atom. The van der Waals surface area contributed by atoms with Crippen LogP contribution < -0.4 is 5.32 Å². The van der Waals surface area contributed by atoms with E-state index in [4.69, 9.17) is 0 Å². The fourth-order valence-electron chi connectivity index (χ4n) is 1.69. The normalized spacial score (nSPS) is 11.7. The maximum atomic E-state index is 12.8. The Morgan fingerprint density at radius 2 is 1.95 bits per heavy atom. The molecule has 1 aromatic carbocycles. The second-order valence-electron chi connectivity index (χ2n) is 4.70. The molecule has 0 radical (unpaired) electrons. The van der Waals surface area contributed by atoms with Crippen molar-refractivity contribution in [3.05, 3.63) is 41.2 Å². The summed E-state index contributed by atoms with van der Waals surface area (Å²) in [4.78, 5) is 15.9. The largest absolute Gasteiger partial charge is 0.417 e. The van der Waals surface area contributed by atoms with Gasteiger partial charge in [-0.2, -0.15) is 18.2 Å². The van der Waals surface area contributed by atoms with Gasteiger partial charge in [-0.25, -0.2) is 0 Å². The molecule has 1 heterocycles. The number of amides is 1. The van der Waals surface area contributed by atoms with E-state index in [1.807, 2.05) is 13.8 Å². The van der Waals surface area contributed by atoms with Crippen LogP contribution in [0.25, 0.3) is 0 Å². The van der Waals surface area contributed by atoms with Crippen molar-refractivity contribution in [2.24, 2.45) is 0 Å². The maximum Gasteiger partial charge on any atom is 0.417 e. The predicted octanol–water partition coefficient (Wildman–Crippen LogP) is 3.20. The number of rotatable bonds is 3. The Morgan fingerprint density at radius 1 is 1.29 bits per heavy atom. The van der Waals surface area contributed by atoms with Crippen molar-refractivity contribution in [2.45, 2.75) is 25.9 Å². The lowest BCUT2D eigenvalue weighted by Crippen LogP contribution is -2.19. The van der Waals surface area contributed by atoms with Gasteiger partial charge in [0.1, 0.15) is 5.82 Å². The highest BCUT2D eigenvalue weighted by atomic mass is 19.4. The highest BCUT2D eigenvalue weighted by Gasteiger charge is 2.35. The average molecular weight is 298 g/mol. The molecule has 21 heavy (non-hydrogen) atoms. The molecular weight excluding hydrogens is 285 g/mol. The number of nitrogens with one attached hydrogen (secondary N) is 2. The van der Waals surface area contributed by atoms with Crippen LogP contribution in [0.2, 0.25) is 0 Å². The number of carbonyl (C=O) groups is 1. The van der Waals surface area contributed by atoms with Crippen LogP contribution in [0.1, 0.15) is 41.5 Å². The number of nitrogens with zero attached hydrogens (tertiary/aromatic N) is 2. The first-order valence-corrected chi connectivity index (χ1v) is 6.19. The third-order valence-corrected chi connectivity index (χ3v) is 2.75. The predicted molar refractivity (Wildman–Crippen MR) is 69.9 cm³/mol. The minimum absolute atomic E-state index is 0.0549. The summed E-state index contributed by atoms with van der Waals surface area (Å²) in [6, 6.07) is 4.55. The second-order valence-corrected chi connectivity index (χ2v) is 4.70. The van der Waals surface area contributed by atoms with Crippen LogP contribution in [0.4, 0.5) is 19.1 Å². The van der Waals surface area contributed by atoms with Gasteiger partial charge in [0.25, 0.3) is 5.91 Å². The Balaban J connectivity index is 2.24. The van der Waals surface area contributed by atoms with Crippen LogP contribution >= 0.6 is 0 Å². The van der Waals surface area contributed by atoms with Crippen molar-refractivity contribution in [1.29, 1.82) is 0 Å². The molecule has 112 valence electrons. The van der Waals surface area contributed by atoms with Gasteiger partial charge in [-0.1, -0.05) is 26.0 Å². The molecule has 1 aromatic heterocycles.